The lowest BCUT2D eigenvalue weighted by molar-refractivity contribution is -0.143. The molecule has 1 atom stereocenters. The molecule has 0 saturated carbocycles. The number of carboxylic acids is 1. The molecule has 0 rings (SSSR count). The Kier molecular flexibility index (Phi) is 8.69. The van der Waals surface area contributed by atoms with E-state index in [1.54, 1.807) is 32.5 Å². The van der Waals surface area contributed by atoms with Crippen LogP contribution in [0.3, 0.4) is 0 Å². The van der Waals surface area contributed by atoms with Crippen LogP contribution in [0, 0.1) is 0 Å². The minimum absolute atomic E-state index is 0.392. The summed E-state index contributed by atoms with van der Waals surface area (Å²) in [5.74, 6) is 0.685. The fourth-order valence-corrected chi connectivity index (χ4v) is 2.37. The molecule has 0 fully saturated rings. The second kappa shape index (κ2) is 9.10. The van der Waals surface area contributed by atoms with Crippen LogP contribution in [0.25, 0.3) is 0 Å². The molecule has 0 aliphatic rings. The molecule has 0 heterocycles. The maximum absolute atomic E-state index is 12.2. The van der Waals surface area contributed by atoms with E-state index >= 15 is 0 Å². The molecular weight excluding hydrogens is 278 g/mol. The average Bonchev–Trinajstić information content (AvgIpc) is 2.30. The molecule has 0 aromatic rings. The van der Waals surface area contributed by atoms with Crippen LogP contribution in [0.15, 0.2) is 0 Å². The highest BCUT2D eigenvalue weighted by molar-refractivity contribution is 7.99. The van der Waals surface area contributed by atoms with Gasteiger partial charge < -0.3 is 9.84 Å². The van der Waals surface area contributed by atoms with Gasteiger partial charge in [-0.05, 0) is 45.1 Å². The van der Waals surface area contributed by atoms with Gasteiger partial charge in [-0.2, -0.15) is 11.8 Å². The average molecular weight is 305 g/mol. The van der Waals surface area contributed by atoms with Gasteiger partial charge >= 0.3 is 12.1 Å². The molecule has 0 spiro atoms. The number of thioether (sulfide) groups is 1. The summed E-state index contributed by atoms with van der Waals surface area (Å²) in [7, 11) is 0. The van der Waals surface area contributed by atoms with Crippen LogP contribution in [0.1, 0.15) is 47.5 Å². The van der Waals surface area contributed by atoms with E-state index in [-0.39, 0.29) is 0 Å². The fourth-order valence-electron chi connectivity index (χ4n) is 1.69. The van der Waals surface area contributed by atoms with Crippen molar-refractivity contribution in [1.29, 1.82) is 0 Å². The Balaban J connectivity index is 4.87. The van der Waals surface area contributed by atoms with Gasteiger partial charge in [0.15, 0.2) is 0 Å². The van der Waals surface area contributed by atoms with E-state index in [1.165, 1.54) is 4.90 Å². The van der Waals surface area contributed by atoms with Crippen molar-refractivity contribution in [2.45, 2.75) is 59.1 Å². The van der Waals surface area contributed by atoms with Crippen molar-refractivity contribution < 1.29 is 19.4 Å². The SMILES string of the molecule is CCCN(C(=O)OC(C)(C)C)C(CCSCC)C(=O)O. The summed E-state index contributed by atoms with van der Waals surface area (Å²) in [5, 5.41) is 9.36. The summed E-state index contributed by atoms with van der Waals surface area (Å²) in [6, 6.07) is -0.816. The highest BCUT2D eigenvalue weighted by atomic mass is 32.2. The summed E-state index contributed by atoms with van der Waals surface area (Å²) in [6.07, 6.45) is 0.588. The zero-order chi connectivity index (χ0) is 15.8. The van der Waals surface area contributed by atoms with E-state index in [1.807, 2.05) is 13.8 Å². The maximum Gasteiger partial charge on any atom is 0.411 e. The normalized spacial score (nSPS) is 12.8. The van der Waals surface area contributed by atoms with Crippen molar-refractivity contribution in [2.75, 3.05) is 18.1 Å². The van der Waals surface area contributed by atoms with Gasteiger partial charge in [0.25, 0.3) is 0 Å². The van der Waals surface area contributed by atoms with Crippen molar-refractivity contribution >= 4 is 23.8 Å². The topological polar surface area (TPSA) is 66.8 Å². The van der Waals surface area contributed by atoms with Crippen LogP contribution >= 0.6 is 11.8 Å². The van der Waals surface area contributed by atoms with Gasteiger partial charge in [-0.3, -0.25) is 4.90 Å². The molecule has 1 amide bonds. The summed E-state index contributed by atoms with van der Waals surface area (Å²) in [5.41, 5.74) is -0.621. The predicted octanol–water partition coefficient (Wildman–Crippen LogP) is 3.23. The molecule has 6 heteroatoms. The number of carbonyl (C=O) groups is 2. The Morgan fingerprint density at radius 1 is 1.30 bits per heavy atom. The summed E-state index contributed by atoms with van der Waals surface area (Å²) >= 11 is 1.67. The second-order valence-corrected chi connectivity index (χ2v) is 6.91. The van der Waals surface area contributed by atoms with Crippen LogP contribution in [0.2, 0.25) is 0 Å². The Bertz CT molecular complexity index is 315. The zero-order valence-corrected chi connectivity index (χ0v) is 14.0. The zero-order valence-electron chi connectivity index (χ0n) is 13.1. The first kappa shape index (κ1) is 19.1. The molecular formula is C14H27NO4S. The number of ether oxygens (including phenoxy) is 1. The standard InChI is InChI=1S/C14H27NO4S/c1-6-9-15(13(18)19-14(3,4)5)11(12(16)17)8-10-20-7-2/h11H,6-10H2,1-5H3,(H,16,17). The molecule has 1 unspecified atom stereocenters. The van der Waals surface area contributed by atoms with Crippen molar-refractivity contribution in [2.24, 2.45) is 0 Å². The van der Waals surface area contributed by atoms with Crippen LogP contribution in [0.5, 0.6) is 0 Å². The molecule has 20 heavy (non-hydrogen) atoms. The number of hydrogen-bond acceptors (Lipinski definition) is 4. The van der Waals surface area contributed by atoms with E-state index in [4.69, 9.17) is 4.74 Å². The molecule has 0 aliphatic carbocycles. The smallest absolute Gasteiger partial charge is 0.411 e. The monoisotopic (exact) mass is 305 g/mol. The Hall–Kier alpha value is -0.910. The van der Waals surface area contributed by atoms with Gasteiger partial charge in [0, 0.05) is 6.54 Å². The highest BCUT2D eigenvalue weighted by Gasteiger charge is 2.31. The quantitative estimate of drug-likeness (QED) is 0.697. The van der Waals surface area contributed by atoms with E-state index in [9.17, 15) is 14.7 Å². The lowest BCUT2D eigenvalue weighted by Crippen LogP contribution is -2.47. The van der Waals surface area contributed by atoms with E-state index in [0.29, 0.717) is 19.4 Å². The summed E-state index contributed by atoms with van der Waals surface area (Å²) in [6.45, 7) is 9.66. The van der Waals surface area contributed by atoms with Gasteiger partial charge in [0.1, 0.15) is 11.6 Å². The van der Waals surface area contributed by atoms with Crippen molar-refractivity contribution in [3.05, 3.63) is 0 Å². The first-order valence-electron chi connectivity index (χ1n) is 7.03. The number of rotatable bonds is 8. The molecule has 0 bridgehead atoms. The van der Waals surface area contributed by atoms with E-state index < -0.39 is 23.7 Å². The Morgan fingerprint density at radius 2 is 1.90 bits per heavy atom. The van der Waals surface area contributed by atoms with Crippen LogP contribution in [0.4, 0.5) is 4.79 Å². The van der Waals surface area contributed by atoms with Crippen LogP contribution in [-0.4, -0.2) is 51.8 Å². The predicted molar refractivity (Wildman–Crippen MR) is 82.3 cm³/mol. The fraction of sp³-hybridized carbons (Fsp3) is 0.857. The number of hydrogen-bond donors (Lipinski definition) is 1. The lowest BCUT2D eigenvalue weighted by atomic mass is 10.2. The van der Waals surface area contributed by atoms with Crippen LogP contribution in [-0.2, 0) is 9.53 Å². The number of aliphatic carboxylic acids is 1. The number of carboxylic acid groups (broad SMARTS) is 1. The van der Waals surface area contributed by atoms with Gasteiger partial charge in [-0.25, -0.2) is 9.59 Å². The number of nitrogens with zero attached hydrogens (tertiary/aromatic N) is 1. The lowest BCUT2D eigenvalue weighted by Gasteiger charge is -2.31. The van der Waals surface area contributed by atoms with E-state index in [0.717, 1.165) is 11.5 Å². The third-order valence-corrected chi connectivity index (χ3v) is 3.43. The molecule has 0 aromatic heterocycles. The van der Waals surface area contributed by atoms with Gasteiger partial charge in [-0.1, -0.05) is 13.8 Å². The molecule has 0 radical (unpaired) electrons. The molecule has 1 N–H and O–H groups in total. The molecule has 0 saturated heterocycles. The van der Waals surface area contributed by atoms with Crippen LogP contribution < -0.4 is 0 Å². The van der Waals surface area contributed by atoms with Gasteiger partial charge in [0.2, 0.25) is 0 Å². The second-order valence-electron chi connectivity index (χ2n) is 5.51. The van der Waals surface area contributed by atoms with Gasteiger partial charge in [-0.15, -0.1) is 0 Å². The maximum atomic E-state index is 12.2. The molecule has 0 aromatic carbocycles. The molecule has 0 aliphatic heterocycles. The largest absolute Gasteiger partial charge is 0.480 e. The van der Waals surface area contributed by atoms with Crippen molar-refractivity contribution in [1.82, 2.24) is 4.90 Å². The minimum Gasteiger partial charge on any atom is -0.480 e. The van der Waals surface area contributed by atoms with Crippen molar-refractivity contribution in [3.63, 3.8) is 0 Å². The van der Waals surface area contributed by atoms with E-state index in [2.05, 4.69) is 0 Å². The Morgan fingerprint density at radius 3 is 2.30 bits per heavy atom. The number of amides is 1. The van der Waals surface area contributed by atoms with Crippen molar-refractivity contribution in [3.8, 4) is 0 Å². The highest BCUT2D eigenvalue weighted by Crippen LogP contribution is 2.16. The molecule has 5 nitrogen and oxygen atoms in total. The molecule has 118 valence electrons. The third kappa shape index (κ3) is 7.62. The minimum atomic E-state index is -0.971. The number of carbonyl (C=O) groups excluding carboxylic acids is 1. The summed E-state index contributed by atoms with van der Waals surface area (Å²) < 4.78 is 5.31. The Labute approximate surface area is 126 Å². The third-order valence-electron chi connectivity index (χ3n) is 2.49. The first-order valence-corrected chi connectivity index (χ1v) is 8.18. The van der Waals surface area contributed by atoms with Gasteiger partial charge in [0.05, 0.1) is 0 Å². The summed E-state index contributed by atoms with van der Waals surface area (Å²) in [4.78, 5) is 24.9. The first-order chi connectivity index (χ1) is 9.22.